The lowest BCUT2D eigenvalue weighted by molar-refractivity contribution is 0.208. The fourth-order valence-electron chi connectivity index (χ4n) is 4.98. The molecule has 2 unspecified atom stereocenters. The quantitative estimate of drug-likeness (QED) is 0.859. The topological polar surface area (TPSA) is 83.2 Å². The van der Waals surface area contributed by atoms with Gasteiger partial charge in [0.25, 0.3) is 0 Å². The lowest BCUT2D eigenvalue weighted by atomic mass is 9.97. The van der Waals surface area contributed by atoms with Gasteiger partial charge in [0.2, 0.25) is 0 Å². The molecule has 2 aromatic rings. The van der Waals surface area contributed by atoms with Gasteiger partial charge in [0.15, 0.2) is 0 Å². The second-order valence-corrected chi connectivity index (χ2v) is 8.39. The van der Waals surface area contributed by atoms with E-state index in [4.69, 9.17) is 0 Å². The Morgan fingerprint density at radius 2 is 1.71 bits per heavy atom. The summed E-state index contributed by atoms with van der Waals surface area (Å²) < 4.78 is 2.34. The van der Waals surface area contributed by atoms with Crippen LogP contribution < -0.4 is 9.80 Å². The molecule has 3 aliphatic rings. The number of nitrogens with zero attached hydrogens (tertiary/aromatic N) is 7. The number of aryl methyl sites for hydroxylation is 1. The Labute approximate surface area is 165 Å². The summed E-state index contributed by atoms with van der Waals surface area (Å²) in [6.07, 6.45) is 8.44. The van der Waals surface area contributed by atoms with Crippen molar-refractivity contribution in [2.24, 2.45) is 5.92 Å². The maximum absolute atomic E-state index is 9.52. The predicted octanol–water partition coefficient (Wildman–Crippen LogP) is 1.61. The van der Waals surface area contributed by atoms with Gasteiger partial charge in [-0.1, -0.05) is 0 Å². The molecule has 8 heteroatoms. The number of piperidine rings is 2. The smallest absolute Gasteiger partial charge is 0.137 e. The van der Waals surface area contributed by atoms with E-state index >= 15 is 0 Å². The lowest BCUT2D eigenvalue weighted by Crippen LogP contribution is -2.38. The minimum atomic E-state index is 0.255. The van der Waals surface area contributed by atoms with Crippen molar-refractivity contribution in [3.63, 3.8) is 0 Å². The largest absolute Gasteiger partial charge is 0.396 e. The highest BCUT2D eigenvalue weighted by molar-refractivity contribution is 5.51. The third-order valence-electron chi connectivity index (χ3n) is 6.49. The van der Waals surface area contributed by atoms with Crippen LogP contribution in [0.3, 0.4) is 0 Å². The van der Waals surface area contributed by atoms with Gasteiger partial charge in [0.1, 0.15) is 29.6 Å². The Morgan fingerprint density at radius 1 is 0.929 bits per heavy atom. The maximum Gasteiger partial charge on any atom is 0.137 e. The summed E-state index contributed by atoms with van der Waals surface area (Å²) in [6, 6.07) is 2.12. The molecule has 0 aliphatic carbocycles. The number of hydrogen-bond donors (Lipinski definition) is 1. The molecule has 0 aromatic carbocycles. The molecule has 2 fully saturated rings. The van der Waals surface area contributed by atoms with E-state index < -0.39 is 0 Å². The Balaban J connectivity index is 1.33. The van der Waals surface area contributed by atoms with Gasteiger partial charge in [-0.3, -0.25) is 0 Å². The third-order valence-corrected chi connectivity index (χ3v) is 6.49. The van der Waals surface area contributed by atoms with E-state index in [0.717, 1.165) is 88.1 Å². The zero-order valence-corrected chi connectivity index (χ0v) is 16.4. The molecule has 2 atom stereocenters. The monoisotopic (exact) mass is 383 g/mol. The van der Waals surface area contributed by atoms with Gasteiger partial charge in [0.05, 0.1) is 0 Å². The zero-order chi connectivity index (χ0) is 18.9. The van der Waals surface area contributed by atoms with Gasteiger partial charge < -0.3 is 19.5 Å². The van der Waals surface area contributed by atoms with Crippen molar-refractivity contribution in [3.05, 3.63) is 24.0 Å². The van der Waals surface area contributed by atoms with Gasteiger partial charge in [-0.15, -0.1) is 10.2 Å². The number of aliphatic hydroxyl groups excluding tert-OH is 1. The zero-order valence-electron chi connectivity index (χ0n) is 16.4. The van der Waals surface area contributed by atoms with E-state index in [2.05, 4.69) is 40.6 Å². The minimum Gasteiger partial charge on any atom is -0.396 e. The van der Waals surface area contributed by atoms with Crippen LogP contribution in [0.4, 0.5) is 11.6 Å². The molecule has 0 amide bonds. The molecular weight excluding hydrogens is 354 g/mol. The number of aliphatic hydroxyl groups is 1. The highest BCUT2D eigenvalue weighted by Gasteiger charge is 2.29. The van der Waals surface area contributed by atoms with Gasteiger partial charge in [-0.25, -0.2) is 9.97 Å². The Kier molecular flexibility index (Phi) is 4.88. The van der Waals surface area contributed by atoms with Gasteiger partial charge in [-0.05, 0) is 38.0 Å². The number of hydrogen-bond acceptors (Lipinski definition) is 7. The highest BCUT2D eigenvalue weighted by Crippen LogP contribution is 2.31. The highest BCUT2D eigenvalue weighted by atomic mass is 16.3. The summed E-state index contributed by atoms with van der Waals surface area (Å²) in [5, 5.41) is 18.4. The Bertz CT molecular complexity index is 823. The fourth-order valence-corrected chi connectivity index (χ4v) is 4.98. The van der Waals surface area contributed by atoms with Gasteiger partial charge >= 0.3 is 0 Å². The normalized spacial score (nSPS) is 25.2. The average Bonchev–Trinajstić information content (AvgIpc) is 3.38. The average molecular weight is 384 g/mol. The molecule has 8 nitrogen and oxygen atoms in total. The van der Waals surface area contributed by atoms with Crippen LogP contribution in [0, 0.1) is 5.92 Å². The molecule has 2 aromatic heterocycles. The number of fused-ring (bicyclic) bond motifs is 1. The first-order chi connectivity index (χ1) is 13.8. The van der Waals surface area contributed by atoms with Crippen LogP contribution in [0.5, 0.6) is 0 Å². The van der Waals surface area contributed by atoms with Crippen LogP contribution >= 0.6 is 0 Å². The standard InChI is InChI=1S/C20H29N7O/c28-13-15-4-1-7-25(11-15)18-10-19(22-14-21-18)26-8-2-5-16(12-26)20-24-23-17-6-3-9-27(17)20/h10,14-16,28H,1-9,11-13H2. The van der Waals surface area contributed by atoms with Crippen LogP contribution in [0.2, 0.25) is 0 Å². The molecular formula is C20H29N7O. The van der Waals surface area contributed by atoms with Crippen LogP contribution in [0.15, 0.2) is 12.4 Å². The van der Waals surface area contributed by atoms with Crippen molar-refractivity contribution in [3.8, 4) is 0 Å². The minimum absolute atomic E-state index is 0.255. The maximum atomic E-state index is 9.52. The molecule has 5 heterocycles. The third kappa shape index (κ3) is 3.34. The van der Waals surface area contributed by atoms with Crippen molar-refractivity contribution in [2.75, 3.05) is 42.6 Å². The van der Waals surface area contributed by atoms with E-state index in [-0.39, 0.29) is 6.61 Å². The molecule has 2 saturated heterocycles. The molecule has 28 heavy (non-hydrogen) atoms. The van der Waals surface area contributed by atoms with Crippen molar-refractivity contribution in [1.82, 2.24) is 24.7 Å². The van der Waals surface area contributed by atoms with E-state index in [1.807, 2.05) is 0 Å². The van der Waals surface area contributed by atoms with Crippen molar-refractivity contribution < 1.29 is 5.11 Å². The van der Waals surface area contributed by atoms with Gasteiger partial charge in [-0.2, -0.15) is 0 Å². The predicted molar refractivity (Wildman–Crippen MR) is 107 cm³/mol. The lowest BCUT2D eigenvalue weighted by Gasteiger charge is -2.35. The molecule has 5 rings (SSSR count). The summed E-state index contributed by atoms with van der Waals surface area (Å²) in [7, 11) is 0. The van der Waals surface area contributed by atoms with E-state index in [1.165, 1.54) is 6.42 Å². The van der Waals surface area contributed by atoms with Crippen molar-refractivity contribution in [2.45, 2.75) is 51.0 Å². The van der Waals surface area contributed by atoms with Crippen LogP contribution in [-0.2, 0) is 13.0 Å². The first-order valence-electron chi connectivity index (χ1n) is 10.7. The molecule has 0 bridgehead atoms. The molecule has 0 radical (unpaired) electrons. The number of rotatable bonds is 4. The summed E-state index contributed by atoms with van der Waals surface area (Å²) in [4.78, 5) is 13.8. The summed E-state index contributed by atoms with van der Waals surface area (Å²) in [5.41, 5.74) is 0. The molecule has 3 aliphatic heterocycles. The van der Waals surface area contributed by atoms with Gasteiger partial charge in [0, 0.05) is 57.7 Å². The summed E-state index contributed by atoms with van der Waals surface area (Å²) in [5.74, 6) is 5.06. The van der Waals surface area contributed by atoms with Crippen LogP contribution in [0.1, 0.15) is 49.7 Å². The molecule has 1 N–H and O–H groups in total. The van der Waals surface area contributed by atoms with E-state index in [0.29, 0.717) is 11.8 Å². The second-order valence-electron chi connectivity index (χ2n) is 8.39. The SMILES string of the molecule is OCC1CCCN(c2cc(N3CCCC(c4nnc5n4CCC5)C3)ncn2)C1. The fraction of sp³-hybridized carbons (Fsp3) is 0.700. The number of aromatic nitrogens is 5. The summed E-state index contributed by atoms with van der Waals surface area (Å²) >= 11 is 0. The first-order valence-corrected chi connectivity index (χ1v) is 10.7. The van der Waals surface area contributed by atoms with Crippen LogP contribution in [-0.4, -0.2) is 62.6 Å². The van der Waals surface area contributed by atoms with Crippen LogP contribution in [0.25, 0.3) is 0 Å². The molecule has 150 valence electrons. The Morgan fingerprint density at radius 3 is 2.54 bits per heavy atom. The number of anilines is 2. The van der Waals surface area contributed by atoms with E-state index in [9.17, 15) is 5.11 Å². The second kappa shape index (κ2) is 7.66. The Hall–Kier alpha value is -2.22. The molecule has 0 saturated carbocycles. The summed E-state index contributed by atoms with van der Waals surface area (Å²) in [6.45, 7) is 5.15. The molecule has 0 spiro atoms. The van der Waals surface area contributed by atoms with Crippen molar-refractivity contribution >= 4 is 11.6 Å². The van der Waals surface area contributed by atoms with E-state index in [1.54, 1.807) is 6.33 Å². The van der Waals surface area contributed by atoms with Crippen molar-refractivity contribution in [1.29, 1.82) is 0 Å². The first kappa shape index (κ1) is 17.8.